The van der Waals surface area contributed by atoms with Gasteiger partial charge in [0.1, 0.15) is 5.82 Å². The minimum absolute atomic E-state index is 0.166. The molecular weight excluding hydrogens is 202 g/mol. The van der Waals surface area contributed by atoms with Crippen molar-refractivity contribution in [2.75, 3.05) is 0 Å². The van der Waals surface area contributed by atoms with Crippen molar-refractivity contribution in [3.05, 3.63) is 17.7 Å². The molecule has 1 aromatic rings. The zero-order valence-electron chi connectivity index (χ0n) is 10.5. The van der Waals surface area contributed by atoms with Crippen LogP contribution in [0.2, 0.25) is 0 Å². The summed E-state index contributed by atoms with van der Waals surface area (Å²) < 4.78 is 5.72. The fourth-order valence-electron chi connectivity index (χ4n) is 1.24. The van der Waals surface area contributed by atoms with Crippen LogP contribution in [0.25, 0.3) is 0 Å². The Morgan fingerprint density at radius 3 is 2.56 bits per heavy atom. The van der Waals surface area contributed by atoms with Crippen molar-refractivity contribution < 1.29 is 4.74 Å². The predicted octanol–water partition coefficient (Wildman–Crippen LogP) is 2.24. The number of nitrogens with zero attached hydrogens (tertiary/aromatic N) is 2. The molecule has 1 aromatic heterocycles. The number of hydrogen-bond donors (Lipinski definition) is 1. The maximum absolute atomic E-state index is 5.72. The first kappa shape index (κ1) is 12.9. The molecule has 0 bridgehead atoms. The lowest BCUT2D eigenvalue weighted by atomic mass is 10.2. The van der Waals surface area contributed by atoms with E-state index in [2.05, 4.69) is 30.7 Å². The van der Waals surface area contributed by atoms with Crippen LogP contribution in [0.15, 0.2) is 6.20 Å². The third-order valence-corrected chi connectivity index (χ3v) is 2.46. The third kappa shape index (κ3) is 3.17. The van der Waals surface area contributed by atoms with E-state index in [-0.39, 0.29) is 6.10 Å². The Labute approximate surface area is 97.2 Å². The van der Waals surface area contributed by atoms with Crippen LogP contribution in [-0.4, -0.2) is 16.1 Å². The van der Waals surface area contributed by atoms with Gasteiger partial charge in [0.25, 0.3) is 0 Å². The number of rotatable bonds is 5. The van der Waals surface area contributed by atoms with Gasteiger partial charge in [-0.2, -0.15) is 0 Å². The van der Waals surface area contributed by atoms with E-state index in [1.165, 1.54) is 0 Å². The second-order valence-electron chi connectivity index (χ2n) is 4.23. The van der Waals surface area contributed by atoms with Crippen molar-refractivity contribution in [3.63, 3.8) is 0 Å². The molecule has 4 nitrogen and oxygen atoms in total. The summed E-state index contributed by atoms with van der Waals surface area (Å²) in [7, 11) is 0. The van der Waals surface area contributed by atoms with Gasteiger partial charge in [-0.05, 0) is 13.3 Å². The van der Waals surface area contributed by atoms with Gasteiger partial charge in [0.05, 0.1) is 18.0 Å². The summed E-state index contributed by atoms with van der Waals surface area (Å²) in [6, 6.07) is 0. The van der Waals surface area contributed by atoms with Crippen LogP contribution in [-0.2, 0) is 6.54 Å². The number of aromatic nitrogens is 2. The first-order valence-corrected chi connectivity index (χ1v) is 5.81. The summed E-state index contributed by atoms with van der Waals surface area (Å²) in [5.41, 5.74) is 6.46. The lowest BCUT2D eigenvalue weighted by Gasteiger charge is -2.15. The molecule has 0 saturated carbocycles. The highest BCUT2D eigenvalue weighted by Crippen LogP contribution is 2.19. The molecule has 0 aliphatic rings. The van der Waals surface area contributed by atoms with Gasteiger partial charge >= 0.3 is 0 Å². The summed E-state index contributed by atoms with van der Waals surface area (Å²) >= 11 is 0. The molecule has 1 unspecified atom stereocenters. The second-order valence-corrected chi connectivity index (χ2v) is 4.23. The molecule has 4 heteroatoms. The molecule has 0 saturated heterocycles. The van der Waals surface area contributed by atoms with Gasteiger partial charge in [0.2, 0.25) is 0 Å². The van der Waals surface area contributed by atoms with Gasteiger partial charge in [0.15, 0.2) is 5.75 Å². The molecular formula is C12H21N3O. The first-order valence-electron chi connectivity index (χ1n) is 5.81. The largest absolute Gasteiger partial charge is 0.487 e. The van der Waals surface area contributed by atoms with Crippen molar-refractivity contribution in [3.8, 4) is 5.75 Å². The van der Waals surface area contributed by atoms with Gasteiger partial charge < -0.3 is 10.5 Å². The highest BCUT2D eigenvalue weighted by molar-refractivity contribution is 5.25. The van der Waals surface area contributed by atoms with Crippen LogP contribution in [0.3, 0.4) is 0 Å². The standard InChI is InChI=1S/C12H21N3O/c1-5-9(4)16-11-7-14-12(8(2)3)15-10(11)6-13/h7-9H,5-6,13H2,1-4H3. The Bertz CT molecular complexity index is 339. The zero-order chi connectivity index (χ0) is 12.1. The lowest BCUT2D eigenvalue weighted by molar-refractivity contribution is 0.213. The molecule has 0 aliphatic heterocycles. The SMILES string of the molecule is CCC(C)Oc1cnc(C(C)C)nc1CN. The van der Waals surface area contributed by atoms with Crippen LogP contribution in [0, 0.1) is 0 Å². The van der Waals surface area contributed by atoms with Crippen LogP contribution in [0.1, 0.15) is 51.6 Å². The highest BCUT2D eigenvalue weighted by atomic mass is 16.5. The molecule has 0 aliphatic carbocycles. The van der Waals surface area contributed by atoms with E-state index in [9.17, 15) is 0 Å². The van der Waals surface area contributed by atoms with Gasteiger partial charge in [-0.3, -0.25) is 0 Å². The summed E-state index contributed by atoms with van der Waals surface area (Å²) in [4.78, 5) is 8.70. The normalized spacial score (nSPS) is 12.9. The third-order valence-electron chi connectivity index (χ3n) is 2.46. The maximum Gasteiger partial charge on any atom is 0.160 e. The second kappa shape index (κ2) is 5.80. The first-order chi connectivity index (χ1) is 7.58. The summed E-state index contributed by atoms with van der Waals surface area (Å²) in [6.45, 7) is 8.61. The molecule has 90 valence electrons. The van der Waals surface area contributed by atoms with E-state index in [0.717, 1.165) is 17.9 Å². The van der Waals surface area contributed by atoms with Gasteiger partial charge in [0, 0.05) is 12.5 Å². The van der Waals surface area contributed by atoms with Crippen molar-refractivity contribution >= 4 is 0 Å². The molecule has 1 rings (SSSR count). The number of nitrogens with two attached hydrogens (primary N) is 1. The Morgan fingerprint density at radius 2 is 2.06 bits per heavy atom. The molecule has 0 aromatic carbocycles. The van der Waals surface area contributed by atoms with E-state index in [4.69, 9.17) is 10.5 Å². The Morgan fingerprint density at radius 1 is 1.38 bits per heavy atom. The summed E-state index contributed by atoms with van der Waals surface area (Å²) in [6.07, 6.45) is 2.85. The molecule has 1 heterocycles. The summed E-state index contributed by atoms with van der Waals surface area (Å²) in [5, 5.41) is 0. The molecule has 0 amide bonds. The van der Waals surface area contributed by atoms with E-state index >= 15 is 0 Å². The molecule has 0 radical (unpaired) electrons. The number of hydrogen-bond acceptors (Lipinski definition) is 4. The average molecular weight is 223 g/mol. The van der Waals surface area contributed by atoms with E-state index in [1.54, 1.807) is 6.20 Å². The van der Waals surface area contributed by atoms with Gasteiger partial charge in [-0.15, -0.1) is 0 Å². The average Bonchev–Trinajstić information content (AvgIpc) is 2.29. The van der Waals surface area contributed by atoms with Crippen molar-refractivity contribution in [2.24, 2.45) is 5.73 Å². The molecule has 0 spiro atoms. The molecule has 2 N–H and O–H groups in total. The van der Waals surface area contributed by atoms with Crippen molar-refractivity contribution in [1.82, 2.24) is 9.97 Å². The quantitative estimate of drug-likeness (QED) is 0.831. The van der Waals surface area contributed by atoms with Gasteiger partial charge in [-0.1, -0.05) is 20.8 Å². The Kier molecular flexibility index (Phi) is 4.68. The predicted molar refractivity (Wildman–Crippen MR) is 64.4 cm³/mol. The maximum atomic E-state index is 5.72. The zero-order valence-corrected chi connectivity index (χ0v) is 10.5. The highest BCUT2D eigenvalue weighted by Gasteiger charge is 2.11. The smallest absolute Gasteiger partial charge is 0.160 e. The molecule has 1 atom stereocenters. The van der Waals surface area contributed by atoms with Gasteiger partial charge in [-0.25, -0.2) is 9.97 Å². The lowest BCUT2D eigenvalue weighted by Crippen LogP contribution is -2.15. The van der Waals surface area contributed by atoms with E-state index < -0.39 is 0 Å². The van der Waals surface area contributed by atoms with Crippen LogP contribution >= 0.6 is 0 Å². The van der Waals surface area contributed by atoms with E-state index in [0.29, 0.717) is 18.2 Å². The Balaban J connectivity index is 2.93. The minimum Gasteiger partial charge on any atom is -0.487 e. The van der Waals surface area contributed by atoms with Crippen LogP contribution in [0.5, 0.6) is 5.75 Å². The minimum atomic E-state index is 0.166. The number of ether oxygens (including phenoxy) is 1. The monoisotopic (exact) mass is 223 g/mol. The van der Waals surface area contributed by atoms with E-state index in [1.807, 2.05) is 6.92 Å². The van der Waals surface area contributed by atoms with Crippen LogP contribution < -0.4 is 10.5 Å². The fraction of sp³-hybridized carbons (Fsp3) is 0.667. The van der Waals surface area contributed by atoms with Crippen molar-refractivity contribution in [1.29, 1.82) is 0 Å². The fourth-order valence-corrected chi connectivity index (χ4v) is 1.24. The van der Waals surface area contributed by atoms with Crippen LogP contribution in [0.4, 0.5) is 0 Å². The molecule has 0 fully saturated rings. The molecule has 16 heavy (non-hydrogen) atoms. The van der Waals surface area contributed by atoms with Crippen molar-refractivity contribution in [2.45, 2.75) is 52.7 Å². The topological polar surface area (TPSA) is 61.0 Å². The Hall–Kier alpha value is -1.16. The summed E-state index contributed by atoms with van der Waals surface area (Å²) in [5.74, 6) is 1.83.